The maximum atomic E-state index is 13.4. The zero-order valence-corrected chi connectivity index (χ0v) is 26.8. The largest absolute Gasteiger partial charge is 0.493 e. The van der Waals surface area contributed by atoms with Crippen LogP contribution in [0.5, 0.6) is 5.75 Å². The van der Waals surface area contributed by atoms with Gasteiger partial charge in [0, 0.05) is 25.1 Å². The van der Waals surface area contributed by atoms with Gasteiger partial charge in [-0.25, -0.2) is 14.2 Å². The maximum absolute atomic E-state index is 13.4. The van der Waals surface area contributed by atoms with E-state index in [4.69, 9.17) is 31.5 Å². The molecule has 0 aliphatic carbocycles. The Morgan fingerprint density at radius 1 is 1.09 bits per heavy atom. The van der Waals surface area contributed by atoms with Crippen LogP contribution in [0.1, 0.15) is 71.6 Å². The molecule has 1 saturated heterocycles. The van der Waals surface area contributed by atoms with Gasteiger partial charge in [0.25, 0.3) is 0 Å². The fourth-order valence-corrected chi connectivity index (χ4v) is 5.49. The van der Waals surface area contributed by atoms with Gasteiger partial charge in [-0.1, -0.05) is 49.7 Å². The lowest BCUT2D eigenvalue weighted by Crippen LogP contribution is -2.39. The summed E-state index contributed by atoms with van der Waals surface area (Å²) in [5.74, 6) is 0.163. The predicted octanol–water partition coefficient (Wildman–Crippen LogP) is 7.79. The average molecular weight is 612 g/mol. The lowest BCUT2D eigenvalue weighted by atomic mass is 9.82. The Hall–Kier alpha value is -3.36. The number of nitrogen functional groups attached to an aromatic ring is 1. The lowest BCUT2D eigenvalue weighted by Gasteiger charge is -2.41. The molecular weight excluding hydrogens is 569 g/mol. The molecule has 1 aliphatic rings. The van der Waals surface area contributed by atoms with E-state index in [9.17, 15) is 9.18 Å². The van der Waals surface area contributed by atoms with Gasteiger partial charge in [0.05, 0.1) is 30.1 Å². The van der Waals surface area contributed by atoms with E-state index < -0.39 is 17.7 Å². The molecule has 4 rings (SSSR count). The first kappa shape index (κ1) is 32.6. The smallest absolute Gasteiger partial charge is 0.340 e. The van der Waals surface area contributed by atoms with Crippen molar-refractivity contribution in [3.8, 4) is 16.9 Å². The van der Waals surface area contributed by atoms with Gasteiger partial charge in [-0.3, -0.25) is 0 Å². The number of rotatable bonds is 10. The van der Waals surface area contributed by atoms with E-state index in [1.165, 1.54) is 12.1 Å². The maximum Gasteiger partial charge on any atom is 0.340 e. The van der Waals surface area contributed by atoms with Gasteiger partial charge in [-0.2, -0.15) is 0 Å². The van der Waals surface area contributed by atoms with Crippen molar-refractivity contribution in [2.75, 3.05) is 36.9 Å². The Kier molecular flexibility index (Phi) is 10.2. The number of nitrogens with two attached hydrogens (primary N) is 1. The fourth-order valence-electron chi connectivity index (χ4n) is 5.21. The molecule has 43 heavy (non-hydrogen) atoms. The molecular formula is C34H43ClFN3O4. The Morgan fingerprint density at radius 2 is 1.72 bits per heavy atom. The van der Waals surface area contributed by atoms with Crippen LogP contribution in [0.2, 0.25) is 5.15 Å². The van der Waals surface area contributed by atoms with Crippen molar-refractivity contribution in [3.05, 3.63) is 70.6 Å². The van der Waals surface area contributed by atoms with Gasteiger partial charge in [0.15, 0.2) is 6.10 Å². The number of piperidine rings is 1. The van der Waals surface area contributed by atoms with Crippen LogP contribution in [0, 0.1) is 11.2 Å². The number of pyridine rings is 1. The number of hydrogen-bond donors (Lipinski definition) is 1. The molecule has 1 fully saturated rings. The lowest BCUT2D eigenvalue weighted by molar-refractivity contribution is -0.166. The van der Waals surface area contributed by atoms with E-state index >= 15 is 0 Å². The summed E-state index contributed by atoms with van der Waals surface area (Å²) in [6.45, 7) is 14.1. The summed E-state index contributed by atoms with van der Waals surface area (Å²) < 4.78 is 31.0. The molecule has 7 nitrogen and oxygen atoms in total. The summed E-state index contributed by atoms with van der Waals surface area (Å²) in [6, 6.07) is 14.0. The molecule has 232 valence electrons. The molecule has 1 aromatic heterocycles. The minimum absolute atomic E-state index is 0.115. The van der Waals surface area contributed by atoms with E-state index in [1.54, 1.807) is 19.1 Å². The molecule has 0 unspecified atom stereocenters. The Labute approximate surface area is 259 Å². The van der Waals surface area contributed by atoms with Crippen LogP contribution < -0.4 is 15.4 Å². The van der Waals surface area contributed by atoms with Crippen LogP contribution in [-0.4, -0.2) is 42.9 Å². The summed E-state index contributed by atoms with van der Waals surface area (Å²) in [5.41, 5.74) is 9.80. The molecule has 2 N–H and O–H groups in total. The van der Waals surface area contributed by atoms with Crippen LogP contribution in [0.3, 0.4) is 0 Å². The molecule has 1 atom stereocenters. The number of aromatic nitrogens is 1. The van der Waals surface area contributed by atoms with Gasteiger partial charge in [-0.15, -0.1) is 0 Å². The summed E-state index contributed by atoms with van der Waals surface area (Å²) >= 11 is 6.83. The molecule has 2 heterocycles. The molecule has 3 aromatic rings. The van der Waals surface area contributed by atoms with Crippen LogP contribution >= 0.6 is 11.6 Å². The molecule has 2 aromatic carbocycles. The second-order valence-corrected chi connectivity index (χ2v) is 13.0. The number of carbonyl (C=O) groups excluding carboxylic acids is 1. The van der Waals surface area contributed by atoms with Crippen LogP contribution in [0.4, 0.5) is 15.9 Å². The predicted molar refractivity (Wildman–Crippen MR) is 170 cm³/mol. The van der Waals surface area contributed by atoms with Gasteiger partial charge in [0.1, 0.15) is 22.5 Å². The SMILES string of the molecule is CCOC(=O)[C@@H](OC(C)(C)C)c1c(Cl)nc(N)c(-c2ccc(OCCc3ccc(F)cc3)cc2)c1N1CCC(C)(C)CC1. The van der Waals surface area contributed by atoms with Crippen molar-refractivity contribution in [3.63, 3.8) is 0 Å². The van der Waals surface area contributed by atoms with Crippen molar-refractivity contribution >= 4 is 29.1 Å². The molecule has 0 bridgehead atoms. The number of ether oxygens (including phenoxy) is 3. The van der Waals surface area contributed by atoms with Crippen molar-refractivity contribution in [2.24, 2.45) is 5.41 Å². The van der Waals surface area contributed by atoms with Crippen LogP contribution in [0.15, 0.2) is 48.5 Å². The Balaban J connectivity index is 1.74. The number of carbonyl (C=O) groups is 1. The summed E-state index contributed by atoms with van der Waals surface area (Å²) in [5, 5.41) is 0.115. The van der Waals surface area contributed by atoms with E-state index in [-0.39, 0.29) is 28.8 Å². The van der Waals surface area contributed by atoms with Gasteiger partial charge >= 0.3 is 5.97 Å². The molecule has 0 saturated carbocycles. The van der Waals surface area contributed by atoms with Gasteiger partial charge in [-0.05, 0) is 81.3 Å². The topological polar surface area (TPSA) is 86.9 Å². The number of hydrogen-bond acceptors (Lipinski definition) is 7. The van der Waals surface area contributed by atoms with E-state index in [0.717, 1.165) is 42.7 Å². The zero-order valence-electron chi connectivity index (χ0n) is 26.0. The highest BCUT2D eigenvalue weighted by atomic mass is 35.5. The standard InChI is InChI=1S/C34H43ClFN3O4/c1-7-41-32(40)29(43-33(2,3)4)27-28(39-19-17-34(5,6)18-20-39)26(31(37)38-30(27)35)23-10-14-25(15-11-23)42-21-16-22-8-12-24(36)13-9-22/h8-15,29H,7,16-21H2,1-6H3,(H2,37,38)/t29-/m0/s1. The van der Waals surface area contributed by atoms with Crippen LogP contribution in [0.25, 0.3) is 11.1 Å². The number of nitrogens with zero attached hydrogens (tertiary/aromatic N) is 2. The minimum Gasteiger partial charge on any atom is -0.493 e. The van der Waals surface area contributed by atoms with Gasteiger partial charge < -0.3 is 24.8 Å². The van der Waals surface area contributed by atoms with Crippen molar-refractivity contribution < 1.29 is 23.4 Å². The quantitative estimate of drug-likeness (QED) is 0.185. The first-order valence-electron chi connectivity index (χ1n) is 14.8. The minimum atomic E-state index is -1.10. The highest BCUT2D eigenvalue weighted by Gasteiger charge is 2.38. The fraction of sp³-hybridized carbons (Fsp3) is 0.471. The molecule has 0 radical (unpaired) electrons. The average Bonchev–Trinajstić information content (AvgIpc) is 2.93. The van der Waals surface area contributed by atoms with E-state index in [2.05, 4.69) is 23.7 Å². The third kappa shape index (κ3) is 8.39. The summed E-state index contributed by atoms with van der Waals surface area (Å²) in [4.78, 5) is 20.1. The molecule has 1 aliphatic heterocycles. The Bertz CT molecular complexity index is 1400. The first-order chi connectivity index (χ1) is 20.3. The monoisotopic (exact) mass is 611 g/mol. The third-order valence-corrected chi connectivity index (χ3v) is 7.86. The second kappa shape index (κ2) is 13.5. The Morgan fingerprint density at radius 3 is 2.30 bits per heavy atom. The van der Waals surface area contributed by atoms with Crippen molar-refractivity contribution in [1.82, 2.24) is 4.98 Å². The summed E-state index contributed by atoms with van der Waals surface area (Å²) in [7, 11) is 0. The first-order valence-corrected chi connectivity index (χ1v) is 15.2. The normalized spacial score (nSPS) is 15.7. The number of esters is 1. The van der Waals surface area contributed by atoms with E-state index in [1.807, 2.05) is 45.0 Å². The van der Waals surface area contributed by atoms with Crippen molar-refractivity contribution in [2.45, 2.75) is 72.5 Å². The van der Waals surface area contributed by atoms with Gasteiger partial charge in [0.2, 0.25) is 0 Å². The van der Waals surface area contributed by atoms with Crippen LogP contribution in [-0.2, 0) is 20.7 Å². The van der Waals surface area contributed by atoms with Crippen molar-refractivity contribution in [1.29, 1.82) is 0 Å². The van der Waals surface area contributed by atoms with E-state index in [0.29, 0.717) is 29.9 Å². The summed E-state index contributed by atoms with van der Waals surface area (Å²) in [6.07, 6.45) is 1.46. The highest BCUT2D eigenvalue weighted by molar-refractivity contribution is 6.31. The third-order valence-electron chi connectivity index (χ3n) is 7.57. The highest BCUT2D eigenvalue weighted by Crippen LogP contribution is 2.47. The number of anilines is 2. The number of halogens is 2. The molecule has 0 amide bonds. The molecule has 0 spiro atoms. The zero-order chi connectivity index (χ0) is 31.4. The molecule has 9 heteroatoms. The second-order valence-electron chi connectivity index (χ2n) is 12.7. The number of benzene rings is 2.